The van der Waals surface area contributed by atoms with Gasteiger partial charge in [-0.05, 0) is 37.3 Å². The zero-order valence-corrected chi connectivity index (χ0v) is 10.7. The second kappa shape index (κ2) is 6.53. The van der Waals surface area contributed by atoms with Gasteiger partial charge in [-0.2, -0.15) is 0 Å². The molecular weight excluding hydrogens is 210 g/mol. The van der Waals surface area contributed by atoms with E-state index >= 15 is 0 Å². The molecule has 0 radical (unpaired) electrons. The maximum atomic E-state index is 5.74. The Balaban J connectivity index is 1.89. The normalized spacial score (nSPS) is 16.1. The van der Waals surface area contributed by atoms with Crippen LogP contribution in [-0.4, -0.2) is 13.2 Å². The van der Waals surface area contributed by atoms with Gasteiger partial charge in [0.05, 0.1) is 12.3 Å². The van der Waals surface area contributed by atoms with E-state index in [-0.39, 0.29) is 0 Å². The van der Waals surface area contributed by atoms with Crippen LogP contribution in [-0.2, 0) is 0 Å². The highest BCUT2D eigenvalue weighted by Crippen LogP contribution is 2.28. The average molecular weight is 233 g/mol. The lowest BCUT2D eigenvalue weighted by Crippen LogP contribution is -2.12. The Labute approximate surface area is 104 Å². The highest BCUT2D eigenvalue weighted by Gasteiger charge is 2.14. The first kappa shape index (κ1) is 12.3. The van der Waals surface area contributed by atoms with Crippen LogP contribution in [0, 0.1) is 5.92 Å². The Morgan fingerprint density at radius 3 is 2.76 bits per heavy atom. The van der Waals surface area contributed by atoms with Crippen molar-refractivity contribution in [1.82, 2.24) is 0 Å². The number of ether oxygens (including phenoxy) is 1. The quantitative estimate of drug-likeness (QED) is 0.799. The maximum Gasteiger partial charge on any atom is 0.142 e. The molecular formula is C15H23NO. The van der Waals surface area contributed by atoms with Gasteiger partial charge in [0.25, 0.3) is 0 Å². The van der Waals surface area contributed by atoms with Crippen molar-refractivity contribution in [2.45, 2.75) is 39.0 Å². The van der Waals surface area contributed by atoms with Gasteiger partial charge in [0.1, 0.15) is 5.75 Å². The van der Waals surface area contributed by atoms with Gasteiger partial charge in [-0.15, -0.1) is 0 Å². The van der Waals surface area contributed by atoms with Crippen LogP contribution >= 0.6 is 0 Å². The third-order valence-electron chi connectivity index (χ3n) is 3.40. The highest BCUT2D eigenvalue weighted by atomic mass is 16.5. The molecule has 1 aliphatic carbocycles. The maximum absolute atomic E-state index is 5.74. The van der Waals surface area contributed by atoms with Crippen molar-refractivity contribution < 1.29 is 4.74 Å². The standard InChI is InChI=1S/C15H23NO/c1-2-11-17-15-10-6-5-9-14(15)16-12-13-7-3-4-8-13/h5-6,9-10,13,16H,2-4,7-8,11-12H2,1H3. The number of benzene rings is 1. The molecule has 0 amide bonds. The van der Waals surface area contributed by atoms with Crippen molar-refractivity contribution in [2.24, 2.45) is 5.92 Å². The van der Waals surface area contributed by atoms with E-state index in [1.165, 1.54) is 25.7 Å². The van der Waals surface area contributed by atoms with E-state index in [0.29, 0.717) is 0 Å². The highest BCUT2D eigenvalue weighted by molar-refractivity contribution is 5.56. The lowest BCUT2D eigenvalue weighted by Gasteiger charge is -2.15. The predicted molar refractivity (Wildman–Crippen MR) is 72.7 cm³/mol. The summed E-state index contributed by atoms with van der Waals surface area (Å²) in [6.45, 7) is 4.02. The zero-order valence-electron chi connectivity index (χ0n) is 10.7. The van der Waals surface area contributed by atoms with Crippen molar-refractivity contribution in [1.29, 1.82) is 0 Å². The molecule has 0 spiro atoms. The average Bonchev–Trinajstić information content (AvgIpc) is 2.88. The Morgan fingerprint density at radius 1 is 1.24 bits per heavy atom. The molecule has 2 nitrogen and oxygen atoms in total. The Morgan fingerprint density at radius 2 is 2.00 bits per heavy atom. The third kappa shape index (κ3) is 3.65. The van der Waals surface area contributed by atoms with Gasteiger partial charge in [0.15, 0.2) is 0 Å². The SMILES string of the molecule is CCCOc1ccccc1NCC1CCCC1. The van der Waals surface area contributed by atoms with Crippen molar-refractivity contribution >= 4 is 5.69 Å². The molecule has 17 heavy (non-hydrogen) atoms. The molecule has 1 saturated carbocycles. The van der Waals surface area contributed by atoms with Gasteiger partial charge < -0.3 is 10.1 Å². The van der Waals surface area contributed by atoms with Crippen LogP contribution in [0.15, 0.2) is 24.3 Å². The van der Waals surface area contributed by atoms with E-state index < -0.39 is 0 Å². The smallest absolute Gasteiger partial charge is 0.142 e. The van der Waals surface area contributed by atoms with Gasteiger partial charge in [-0.3, -0.25) is 0 Å². The molecule has 1 N–H and O–H groups in total. The number of hydrogen-bond donors (Lipinski definition) is 1. The Kier molecular flexibility index (Phi) is 4.72. The molecule has 2 heteroatoms. The molecule has 0 atom stereocenters. The van der Waals surface area contributed by atoms with Gasteiger partial charge in [0, 0.05) is 6.54 Å². The first-order chi connectivity index (χ1) is 8.40. The van der Waals surface area contributed by atoms with E-state index in [1.807, 2.05) is 12.1 Å². The monoisotopic (exact) mass is 233 g/mol. The minimum absolute atomic E-state index is 0.794. The molecule has 1 aromatic carbocycles. The number of para-hydroxylation sites is 2. The van der Waals surface area contributed by atoms with Crippen molar-refractivity contribution in [3.05, 3.63) is 24.3 Å². The van der Waals surface area contributed by atoms with Crippen LogP contribution in [0.3, 0.4) is 0 Å². The lowest BCUT2D eigenvalue weighted by atomic mass is 10.1. The van der Waals surface area contributed by atoms with E-state index in [4.69, 9.17) is 4.74 Å². The predicted octanol–water partition coefficient (Wildman–Crippen LogP) is 4.08. The number of anilines is 1. The summed E-state index contributed by atoms with van der Waals surface area (Å²) in [5.74, 6) is 1.85. The van der Waals surface area contributed by atoms with Crippen LogP contribution < -0.4 is 10.1 Å². The summed E-state index contributed by atoms with van der Waals surface area (Å²) in [7, 11) is 0. The molecule has 94 valence electrons. The van der Waals surface area contributed by atoms with E-state index in [2.05, 4.69) is 24.4 Å². The molecule has 0 aliphatic heterocycles. The van der Waals surface area contributed by atoms with Crippen LogP contribution in [0.1, 0.15) is 39.0 Å². The lowest BCUT2D eigenvalue weighted by molar-refractivity contribution is 0.318. The van der Waals surface area contributed by atoms with Crippen molar-refractivity contribution in [2.75, 3.05) is 18.5 Å². The molecule has 0 bridgehead atoms. The molecule has 2 rings (SSSR count). The largest absolute Gasteiger partial charge is 0.491 e. The summed E-state index contributed by atoms with van der Waals surface area (Å²) < 4.78 is 5.74. The minimum atomic E-state index is 0.794. The van der Waals surface area contributed by atoms with Crippen LogP contribution in [0.4, 0.5) is 5.69 Å². The second-order valence-electron chi connectivity index (χ2n) is 4.88. The van der Waals surface area contributed by atoms with Gasteiger partial charge in [-0.1, -0.05) is 31.9 Å². The number of nitrogens with one attached hydrogen (secondary N) is 1. The summed E-state index contributed by atoms with van der Waals surface area (Å²) in [5, 5.41) is 3.54. The van der Waals surface area contributed by atoms with Gasteiger partial charge >= 0.3 is 0 Å². The van der Waals surface area contributed by atoms with Crippen LogP contribution in [0.5, 0.6) is 5.75 Å². The summed E-state index contributed by atoms with van der Waals surface area (Å²) in [6, 6.07) is 8.26. The van der Waals surface area contributed by atoms with Gasteiger partial charge in [-0.25, -0.2) is 0 Å². The van der Waals surface area contributed by atoms with Crippen molar-refractivity contribution in [3.8, 4) is 5.75 Å². The van der Waals surface area contributed by atoms with Gasteiger partial charge in [0.2, 0.25) is 0 Å². The first-order valence-electron chi connectivity index (χ1n) is 6.86. The second-order valence-corrected chi connectivity index (χ2v) is 4.88. The fourth-order valence-electron chi connectivity index (χ4n) is 2.42. The Hall–Kier alpha value is -1.18. The van der Waals surface area contributed by atoms with Crippen LogP contribution in [0.25, 0.3) is 0 Å². The van der Waals surface area contributed by atoms with E-state index in [9.17, 15) is 0 Å². The third-order valence-corrected chi connectivity index (χ3v) is 3.40. The molecule has 1 aliphatic rings. The zero-order chi connectivity index (χ0) is 11.9. The van der Waals surface area contributed by atoms with Crippen molar-refractivity contribution in [3.63, 3.8) is 0 Å². The minimum Gasteiger partial charge on any atom is -0.491 e. The molecule has 0 saturated heterocycles. The fraction of sp³-hybridized carbons (Fsp3) is 0.600. The molecule has 1 aromatic rings. The number of hydrogen-bond acceptors (Lipinski definition) is 2. The summed E-state index contributed by atoms with van der Waals surface area (Å²) in [5.41, 5.74) is 1.15. The van der Waals surface area contributed by atoms with E-state index in [1.54, 1.807) is 0 Å². The molecule has 0 aromatic heterocycles. The molecule has 1 fully saturated rings. The van der Waals surface area contributed by atoms with E-state index in [0.717, 1.165) is 36.9 Å². The number of rotatable bonds is 6. The first-order valence-corrected chi connectivity index (χ1v) is 6.86. The summed E-state index contributed by atoms with van der Waals surface area (Å²) in [6.07, 6.45) is 6.62. The Bertz CT molecular complexity index is 331. The topological polar surface area (TPSA) is 21.3 Å². The fourth-order valence-corrected chi connectivity index (χ4v) is 2.42. The molecule has 0 heterocycles. The summed E-state index contributed by atoms with van der Waals surface area (Å²) >= 11 is 0. The molecule has 0 unspecified atom stereocenters. The van der Waals surface area contributed by atoms with Crippen LogP contribution in [0.2, 0.25) is 0 Å². The summed E-state index contributed by atoms with van der Waals surface area (Å²) in [4.78, 5) is 0.